The van der Waals surface area contributed by atoms with Gasteiger partial charge in [0, 0.05) is 6.08 Å². The van der Waals surface area contributed by atoms with Crippen molar-refractivity contribution >= 4 is 23.6 Å². The summed E-state index contributed by atoms with van der Waals surface area (Å²) >= 11 is 0. The molecule has 1 aliphatic heterocycles. The van der Waals surface area contributed by atoms with Crippen molar-refractivity contribution in [1.82, 2.24) is 0 Å². The van der Waals surface area contributed by atoms with Crippen LogP contribution in [-0.4, -0.2) is 31.2 Å². The Morgan fingerprint density at radius 1 is 1.18 bits per heavy atom. The van der Waals surface area contributed by atoms with Gasteiger partial charge in [-0.1, -0.05) is 18.2 Å². The first-order valence-electron chi connectivity index (χ1n) is 8.65. The average Bonchev–Trinajstić information content (AvgIpc) is 2.72. The molecule has 1 heterocycles. The molecular weight excluding hydrogens is 360 g/mol. The molecule has 0 spiro atoms. The van der Waals surface area contributed by atoms with Crippen LogP contribution in [0.2, 0.25) is 0 Å². The Morgan fingerprint density at radius 3 is 2.71 bits per heavy atom. The zero-order chi connectivity index (χ0) is 19.9. The molecule has 3 rings (SSSR count). The number of fused-ring (bicyclic) bond motifs is 1. The van der Waals surface area contributed by atoms with Gasteiger partial charge in [-0.05, 0) is 42.8 Å². The number of rotatable bonds is 5. The first-order valence-corrected chi connectivity index (χ1v) is 8.65. The van der Waals surface area contributed by atoms with E-state index in [9.17, 15) is 9.59 Å². The number of benzene rings is 2. The monoisotopic (exact) mass is 378 g/mol. The molecule has 0 aliphatic carbocycles. The summed E-state index contributed by atoms with van der Waals surface area (Å²) < 4.78 is 16.1. The molecule has 1 N–H and O–H groups in total. The molecule has 0 radical (unpaired) electrons. The minimum atomic E-state index is -1.02. The number of amides is 1. The summed E-state index contributed by atoms with van der Waals surface area (Å²) in [5.41, 5.74) is 1.43. The van der Waals surface area contributed by atoms with Crippen LogP contribution < -0.4 is 14.8 Å². The van der Waals surface area contributed by atoms with Crippen LogP contribution in [0.1, 0.15) is 18.1 Å². The van der Waals surface area contributed by atoms with Crippen LogP contribution in [0, 0.1) is 11.3 Å². The minimum Gasteiger partial charge on any atom is -0.486 e. The molecule has 2 aromatic carbocycles. The van der Waals surface area contributed by atoms with E-state index in [2.05, 4.69) is 5.32 Å². The van der Waals surface area contributed by atoms with E-state index in [1.165, 1.54) is 13.0 Å². The highest BCUT2D eigenvalue weighted by atomic mass is 16.6. The molecule has 1 amide bonds. The van der Waals surface area contributed by atoms with E-state index in [1.807, 2.05) is 6.07 Å². The lowest BCUT2D eigenvalue weighted by Gasteiger charge is -2.18. The molecule has 7 heteroatoms. The van der Waals surface area contributed by atoms with Crippen molar-refractivity contribution in [1.29, 1.82) is 5.26 Å². The van der Waals surface area contributed by atoms with Crippen LogP contribution in [0.4, 0.5) is 5.69 Å². The second-order valence-corrected chi connectivity index (χ2v) is 5.96. The number of carbonyl (C=O) groups is 2. The molecule has 142 valence electrons. The molecule has 0 fully saturated rings. The third kappa shape index (κ3) is 4.68. The lowest BCUT2D eigenvalue weighted by atomic mass is 10.2. The van der Waals surface area contributed by atoms with Gasteiger partial charge in [0.2, 0.25) is 0 Å². The largest absolute Gasteiger partial charge is 0.486 e. The summed E-state index contributed by atoms with van der Waals surface area (Å²) in [6, 6.07) is 13.9. The molecule has 0 saturated heterocycles. The Kier molecular flexibility index (Phi) is 5.92. The van der Waals surface area contributed by atoms with Gasteiger partial charge in [-0.25, -0.2) is 4.79 Å². The summed E-state index contributed by atoms with van der Waals surface area (Å²) in [7, 11) is 0. The second kappa shape index (κ2) is 8.73. The molecule has 1 atom stereocenters. The lowest BCUT2D eigenvalue weighted by Crippen LogP contribution is -2.29. The van der Waals surface area contributed by atoms with Crippen molar-refractivity contribution in [2.75, 3.05) is 18.5 Å². The van der Waals surface area contributed by atoms with E-state index in [-0.39, 0.29) is 0 Å². The Labute approximate surface area is 162 Å². The molecular formula is C21H18N2O5. The predicted molar refractivity (Wildman–Crippen MR) is 102 cm³/mol. The van der Waals surface area contributed by atoms with Crippen LogP contribution in [-0.2, 0) is 14.3 Å². The van der Waals surface area contributed by atoms with Crippen LogP contribution in [0.5, 0.6) is 11.5 Å². The topological polar surface area (TPSA) is 97.7 Å². The fourth-order valence-electron chi connectivity index (χ4n) is 2.52. The smallest absolute Gasteiger partial charge is 0.331 e. The summed E-state index contributed by atoms with van der Waals surface area (Å²) in [6.07, 6.45) is 1.78. The zero-order valence-corrected chi connectivity index (χ0v) is 15.2. The highest BCUT2D eigenvalue weighted by Gasteiger charge is 2.18. The Bertz CT molecular complexity index is 962. The predicted octanol–water partition coefficient (Wildman–Crippen LogP) is 2.91. The molecule has 0 unspecified atom stereocenters. The van der Waals surface area contributed by atoms with Gasteiger partial charge in [0.1, 0.15) is 19.3 Å². The van der Waals surface area contributed by atoms with E-state index in [0.29, 0.717) is 36.0 Å². The van der Waals surface area contributed by atoms with Gasteiger partial charge in [0.05, 0.1) is 11.3 Å². The van der Waals surface area contributed by atoms with Gasteiger partial charge < -0.3 is 19.5 Å². The molecule has 0 aromatic heterocycles. The molecule has 0 bridgehead atoms. The number of carbonyl (C=O) groups excluding carboxylic acids is 2. The van der Waals surface area contributed by atoms with Crippen molar-refractivity contribution in [3.8, 4) is 17.6 Å². The fourth-order valence-corrected chi connectivity index (χ4v) is 2.52. The molecule has 1 aliphatic rings. The van der Waals surface area contributed by atoms with E-state index in [0.717, 1.165) is 5.56 Å². The standard InChI is InChI=1S/C21H18N2O5/c1-14(21(25)23-17-5-3-2-4-16(17)13-22)28-20(24)9-7-15-6-8-18-19(12-15)27-11-10-26-18/h2-9,12,14H,10-11H2,1H3,(H,23,25)/b9-7+/t14-/m0/s1. The zero-order valence-electron chi connectivity index (χ0n) is 15.2. The van der Waals surface area contributed by atoms with Crippen LogP contribution in [0.25, 0.3) is 6.08 Å². The number of nitrogens with one attached hydrogen (secondary N) is 1. The normalized spacial score (nSPS) is 13.4. The average molecular weight is 378 g/mol. The van der Waals surface area contributed by atoms with Crippen LogP contribution in [0.15, 0.2) is 48.5 Å². The third-order valence-corrected chi connectivity index (χ3v) is 3.95. The molecule has 28 heavy (non-hydrogen) atoms. The first-order chi connectivity index (χ1) is 13.6. The van der Waals surface area contributed by atoms with Gasteiger partial charge in [-0.15, -0.1) is 0 Å². The number of ether oxygens (including phenoxy) is 3. The number of esters is 1. The maximum Gasteiger partial charge on any atom is 0.331 e. The summed E-state index contributed by atoms with van der Waals surface area (Å²) in [5.74, 6) is 0.0921. The number of anilines is 1. The summed E-state index contributed by atoms with van der Waals surface area (Å²) in [5, 5.41) is 11.6. The Hall–Kier alpha value is -3.79. The number of para-hydroxylation sites is 1. The van der Waals surface area contributed by atoms with Crippen molar-refractivity contribution in [3.05, 3.63) is 59.7 Å². The van der Waals surface area contributed by atoms with Gasteiger partial charge in [-0.3, -0.25) is 4.79 Å². The SMILES string of the molecule is C[C@H](OC(=O)/C=C/c1ccc2c(c1)OCCO2)C(=O)Nc1ccccc1C#N. The van der Waals surface area contributed by atoms with E-state index >= 15 is 0 Å². The van der Waals surface area contributed by atoms with Crippen molar-refractivity contribution in [2.24, 2.45) is 0 Å². The van der Waals surface area contributed by atoms with E-state index in [1.54, 1.807) is 48.5 Å². The van der Waals surface area contributed by atoms with Gasteiger partial charge in [0.15, 0.2) is 17.6 Å². The van der Waals surface area contributed by atoms with Crippen molar-refractivity contribution in [3.63, 3.8) is 0 Å². The van der Waals surface area contributed by atoms with Gasteiger partial charge >= 0.3 is 5.97 Å². The van der Waals surface area contributed by atoms with Gasteiger partial charge in [0.25, 0.3) is 5.91 Å². The maximum absolute atomic E-state index is 12.2. The molecule has 7 nitrogen and oxygen atoms in total. The number of hydrogen-bond donors (Lipinski definition) is 1. The summed E-state index contributed by atoms with van der Waals surface area (Å²) in [4.78, 5) is 24.2. The highest BCUT2D eigenvalue weighted by molar-refractivity contribution is 5.97. The fraction of sp³-hybridized carbons (Fsp3) is 0.190. The third-order valence-electron chi connectivity index (χ3n) is 3.95. The molecule has 2 aromatic rings. The number of nitriles is 1. The summed E-state index contributed by atoms with van der Waals surface area (Å²) in [6.45, 7) is 2.44. The quantitative estimate of drug-likeness (QED) is 0.635. The Morgan fingerprint density at radius 2 is 1.93 bits per heavy atom. The van der Waals surface area contributed by atoms with Crippen LogP contribution >= 0.6 is 0 Å². The highest BCUT2D eigenvalue weighted by Crippen LogP contribution is 2.31. The number of nitrogens with zero attached hydrogens (tertiary/aromatic N) is 1. The Balaban J connectivity index is 1.57. The van der Waals surface area contributed by atoms with Crippen LogP contribution in [0.3, 0.4) is 0 Å². The second-order valence-electron chi connectivity index (χ2n) is 5.96. The van der Waals surface area contributed by atoms with E-state index < -0.39 is 18.0 Å². The van der Waals surface area contributed by atoms with E-state index in [4.69, 9.17) is 19.5 Å². The van der Waals surface area contributed by atoms with Gasteiger partial charge in [-0.2, -0.15) is 5.26 Å². The maximum atomic E-state index is 12.2. The van der Waals surface area contributed by atoms with Crippen molar-refractivity contribution < 1.29 is 23.8 Å². The van der Waals surface area contributed by atoms with Crippen molar-refractivity contribution in [2.45, 2.75) is 13.0 Å². The lowest BCUT2D eigenvalue weighted by molar-refractivity contribution is -0.148. The first kappa shape index (κ1) is 19.0. The minimum absolute atomic E-state index is 0.327. The molecule has 0 saturated carbocycles. The number of hydrogen-bond acceptors (Lipinski definition) is 6.